The number of benzene rings is 2. The number of nitrogens with zero attached hydrogens (tertiary/aromatic N) is 1. The van der Waals surface area contributed by atoms with Gasteiger partial charge in [-0.25, -0.2) is 0 Å². The molecule has 0 aliphatic heterocycles. The lowest BCUT2D eigenvalue weighted by atomic mass is 10.2. The summed E-state index contributed by atoms with van der Waals surface area (Å²) in [5.74, 6) is 0.271. The van der Waals surface area contributed by atoms with Gasteiger partial charge in [-0.1, -0.05) is 46.3 Å². The summed E-state index contributed by atoms with van der Waals surface area (Å²) in [4.78, 5) is 27.2. The maximum absolute atomic E-state index is 13.2. The summed E-state index contributed by atoms with van der Waals surface area (Å²) in [7, 11) is 0. The van der Waals surface area contributed by atoms with E-state index in [1.165, 1.54) is 6.07 Å². The van der Waals surface area contributed by atoms with E-state index in [2.05, 4.69) is 15.9 Å². The van der Waals surface area contributed by atoms with Crippen molar-refractivity contribution in [3.8, 4) is 0 Å². The Bertz CT molecular complexity index is 1170. The van der Waals surface area contributed by atoms with Crippen LogP contribution in [0.25, 0.3) is 11.0 Å². The van der Waals surface area contributed by atoms with Crippen molar-refractivity contribution in [3.63, 3.8) is 0 Å². The standard InChI is InChI=1S/C22H16BrNO4/c23-16-8-9-18-19(25)12-21(28-20(18)11-16)22(26)24(14-17-7-4-10-27-17)13-15-5-2-1-3-6-15/h1-12H,13-14H2. The van der Waals surface area contributed by atoms with Gasteiger partial charge in [0, 0.05) is 17.1 Å². The number of carbonyl (C=O) groups is 1. The third-order valence-corrected chi connectivity index (χ3v) is 4.83. The molecular formula is C22H16BrNO4. The Kier molecular flexibility index (Phi) is 5.12. The van der Waals surface area contributed by atoms with Crippen molar-refractivity contribution < 1.29 is 13.6 Å². The molecule has 28 heavy (non-hydrogen) atoms. The third kappa shape index (κ3) is 3.92. The predicted octanol–water partition coefficient (Wildman–Crippen LogP) is 4.99. The molecule has 0 bridgehead atoms. The van der Waals surface area contributed by atoms with Crippen LogP contribution >= 0.6 is 15.9 Å². The van der Waals surface area contributed by atoms with Gasteiger partial charge in [-0.3, -0.25) is 9.59 Å². The van der Waals surface area contributed by atoms with Gasteiger partial charge in [0.15, 0.2) is 11.2 Å². The van der Waals surface area contributed by atoms with Crippen LogP contribution in [0.15, 0.2) is 91.1 Å². The molecule has 2 aromatic heterocycles. The second-order valence-corrected chi connectivity index (χ2v) is 7.26. The molecule has 0 aliphatic rings. The Morgan fingerprint density at radius 2 is 1.79 bits per heavy atom. The van der Waals surface area contributed by atoms with Gasteiger partial charge in [-0.15, -0.1) is 0 Å². The van der Waals surface area contributed by atoms with Gasteiger partial charge in [0.2, 0.25) is 0 Å². The Balaban J connectivity index is 1.71. The van der Waals surface area contributed by atoms with Crippen LogP contribution in [0.3, 0.4) is 0 Å². The summed E-state index contributed by atoms with van der Waals surface area (Å²) in [6.45, 7) is 0.627. The number of amides is 1. The molecule has 0 atom stereocenters. The van der Waals surface area contributed by atoms with Crippen LogP contribution in [0, 0.1) is 0 Å². The highest BCUT2D eigenvalue weighted by atomic mass is 79.9. The fraction of sp³-hybridized carbons (Fsp3) is 0.0909. The Morgan fingerprint density at radius 3 is 2.54 bits per heavy atom. The van der Waals surface area contributed by atoms with Gasteiger partial charge in [-0.05, 0) is 35.9 Å². The van der Waals surface area contributed by atoms with Gasteiger partial charge in [0.05, 0.1) is 18.2 Å². The number of hydrogen-bond acceptors (Lipinski definition) is 4. The fourth-order valence-electron chi connectivity index (χ4n) is 2.98. The average Bonchev–Trinajstić information content (AvgIpc) is 3.20. The maximum atomic E-state index is 13.2. The van der Waals surface area contributed by atoms with Crippen molar-refractivity contribution in [2.45, 2.75) is 13.1 Å². The van der Waals surface area contributed by atoms with Crippen LogP contribution in [-0.2, 0) is 13.1 Å². The molecule has 0 saturated carbocycles. The molecule has 4 aromatic rings. The summed E-state index contributed by atoms with van der Waals surface area (Å²) in [6, 6.07) is 19.6. The average molecular weight is 438 g/mol. The smallest absolute Gasteiger partial charge is 0.290 e. The number of hydrogen-bond donors (Lipinski definition) is 0. The lowest BCUT2D eigenvalue weighted by Gasteiger charge is -2.21. The van der Waals surface area contributed by atoms with Gasteiger partial charge in [0.25, 0.3) is 5.91 Å². The number of furan rings is 1. The molecule has 2 aromatic carbocycles. The lowest BCUT2D eigenvalue weighted by molar-refractivity contribution is 0.0686. The first-order valence-corrected chi connectivity index (χ1v) is 9.48. The maximum Gasteiger partial charge on any atom is 0.290 e. The lowest BCUT2D eigenvalue weighted by Crippen LogP contribution is -2.30. The molecule has 0 spiro atoms. The minimum Gasteiger partial charge on any atom is -0.467 e. The zero-order chi connectivity index (χ0) is 19.5. The molecule has 5 nitrogen and oxygen atoms in total. The first-order valence-electron chi connectivity index (χ1n) is 8.69. The molecule has 0 N–H and O–H groups in total. The zero-order valence-electron chi connectivity index (χ0n) is 14.8. The fourth-order valence-corrected chi connectivity index (χ4v) is 3.32. The monoisotopic (exact) mass is 437 g/mol. The SMILES string of the molecule is O=C(c1cc(=O)c2ccc(Br)cc2o1)N(Cc1ccccc1)Cc1ccco1. The Labute approximate surface area is 169 Å². The molecule has 0 radical (unpaired) electrons. The number of fused-ring (bicyclic) bond motifs is 1. The van der Waals surface area contributed by atoms with E-state index in [4.69, 9.17) is 8.83 Å². The van der Waals surface area contributed by atoms with E-state index in [0.717, 1.165) is 10.0 Å². The molecule has 0 fully saturated rings. The van der Waals surface area contributed by atoms with Crippen molar-refractivity contribution in [1.82, 2.24) is 4.90 Å². The molecule has 1 amide bonds. The number of halogens is 1. The second kappa shape index (κ2) is 7.86. The number of rotatable bonds is 5. The molecule has 0 aliphatic carbocycles. The van der Waals surface area contributed by atoms with Crippen LogP contribution < -0.4 is 5.43 Å². The van der Waals surface area contributed by atoms with Crippen molar-refractivity contribution >= 4 is 32.8 Å². The van der Waals surface area contributed by atoms with E-state index >= 15 is 0 Å². The largest absolute Gasteiger partial charge is 0.467 e. The summed E-state index contributed by atoms with van der Waals surface area (Å²) in [5.41, 5.74) is 1.07. The third-order valence-electron chi connectivity index (χ3n) is 4.33. The van der Waals surface area contributed by atoms with E-state index in [9.17, 15) is 9.59 Å². The molecule has 0 saturated heterocycles. The number of carbonyl (C=O) groups excluding carboxylic acids is 1. The van der Waals surface area contributed by atoms with E-state index < -0.39 is 0 Å². The van der Waals surface area contributed by atoms with Gasteiger partial charge < -0.3 is 13.7 Å². The van der Waals surface area contributed by atoms with E-state index in [1.54, 1.807) is 41.5 Å². The van der Waals surface area contributed by atoms with Gasteiger partial charge >= 0.3 is 0 Å². The first kappa shape index (κ1) is 18.3. The zero-order valence-corrected chi connectivity index (χ0v) is 16.4. The summed E-state index contributed by atoms with van der Waals surface area (Å²) >= 11 is 3.36. The predicted molar refractivity (Wildman–Crippen MR) is 109 cm³/mol. The van der Waals surface area contributed by atoms with Crippen LogP contribution in [0.4, 0.5) is 0 Å². The van der Waals surface area contributed by atoms with Gasteiger partial charge in [0.1, 0.15) is 11.3 Å². The van der Waals surface area contributed by atoms with Crippen LogP contribution in [0.5, 0.6) is 0 Å². The Morgan fingerprint density at radius 1 is 0.964 bits per heavy atom. The second-order valence-electron chi connectivity index (χ2n) is 6.34. The molecule has 0 unspecified atom stereocenters. The minimum absolute atomic E-state index is 0.00177. The van der Waals surface area contributed by atoms with Gasteiger partial charge in [-0.2, -0.15) is 0 Å². The highest BCUT2D eigenvalue weighted by Gasteiger charge is 2.21. The highest BCUT2D eigenvalue weighted by molar-refractivity contribution is 9.10. The van der Waals surface area contributed by atoms with Crippen molar-refractivity contribution in [1.29, 1.82) is 0 Å². The Hall–Kier alpha value is -3.12. The quantitative estimate of drug-likeness (QED) is 0.441. The van der Waals surface area contributed by atoms with Crippen LogP contribution in [0.2, 0.25) is 0 Å². The van der Waals surface area contributed by atoms with Crippen molar-refractivity contribution in [3.05, 3.63) is 105 Å². The van der Waals surface area contributed by atoms with E-state index in [0.29, 0.717) is 23.3 Å². The summed E-state index contributed by atoms with van der Waals surface area (Å²) < 4.78 is 11.9. The molecular weight excluding hydrogens is 422 g/mol. The van der Waals surface area contributed by atoms with Crippen LogP contribution in [0.1, 0.15) is 21.9 Å². The van der Waals surface area contributed by atoms with E-state index in [1.807, 2.05) is 30.3 Å². The molecule has 4 rings (SSSR count). The normalized spacial score (nSPS) is 10.9. The van der Waals surface area contributed by atoms with Crippen LogP contribution in [-0.4, -0.2) is 10.8 Å². The summed E-state index contributed by atoms with van der Waals surface area (Å²) in [6.07, 6.45) is 1.56. The molecule has 2 heterocycles. The minimum atomic E-state index is -0.376. The van der Waals surface area contributed by atoms with E-state index in [-0.39, 0.29) is 23.6 Å². The van der Waals surface area contributed by atoms with Crippen molar-refractivity contribution in [2.75, 3.05) is 0 Å². The molecule has 140 valence electrons. The topological polar surface area (TPSA) is 63.7 Å². The first-order chi connectivity index (χ1) is 13.6. The summed E-state index contributed by atoms with van der Waals surface area (Å²) in [5, 5.41) is 0.431. The highest BCUT2D eigenvalue weighted by Crippen LogP contribution is 2.20. The van der Waals surface area contributed by atoms with Crippen molar-refractivity contribution in [2.24, 2.45) is 0 Å². The molecule has 6 heteroatoms.